The third-order valence-corrected chi connectivity index (χ3v) is 4.83. The number of hydrogen-bond donors (Lipinski definition) is 1. The van der Waals surface area contributed by atoms with Crippen molar-refractivity contribution in [2.75, 3.05) is 46.0 Å². The SMILES string of the molecule is CC(C)=CCC/C(C)=C/CC/C(C)=C/COC(=S)NCCN1CCOCC1. The Morgan fingerprint density at radius 1 is 1.00 bits per heavy atom. The van der Waals surface area contributed by atoms with Gasteiger partial charge in [-0.15, -0.1) is 0 Å². The first-order valence-corrected chi connectivity index (χ1v) is 10.5. The van der Waals surface area contributed by atoms with Crippen molar-refractivity contribution in [2.24, 2.45) is 0 Å². The van der Waals surface area contributed by atoms with Gasteiger partial charge in [0.25, 0.3) is 5.17 Å². The smallest absolute Gasteiger partial charge is 0.256 e. The Balaban J connectivity index is 2.09. The Labute approximate surface area is 171 Å². The van der Waals surface area contributed by atoms with Crippen molar-refractivity contribution < 1.29 is 9.47 Å². The van der Waals surface area contributed by atoms with Gasteiger partial charge in [-0.05, 0) is 71.7 Å². The van der Waals surface area contributed by atoms with Crippen LogP contribution in [0.5, 0.6) is 0 Å². The van der Waals surface area contributed by atoms with Gasteiger partial charge in [-0.3, -0.25) is 4.90 Å². The highest BCUT2D eigenvalue weighted by molar-refractivity contribution is 7.80. The lowest BCUT2D eigenvalue weighted by Gasteiger charge is -2.26. The summed E-state index contributed by atoms with van der Waals surface area (Å²) in [6.07, 6.45) is 11.2. The Hall–Kier alpha value is -1.17. The molecule has 154 valence electrons. The highest BCUT2D eigenvalue weighted by Crippen LogP contribution is 2.11. The number of nitrogens with zero attached hydrogens (tertiary/aromatic N) is 1. The molecule has 0 amide bonds. The minimum Gasteiger partial charge on any atom is -0.467 e. The number of rotatable bonds is 11. The average molecular weight is 395 g/mol. The Kier molecular flexibility index (Phi) is 13.1. The summed E-state index contributed by atoms with van der Waals surface area (Å²) in [4.78, 5) is 2.37. The van der Waals surface area contributed by atoms with Crippen molar-refractivity contribution in [1.29, 1.82) is 0 Å². The lowest BCUT2D eigenvalue weighted by atomic mass is 10.1. The molecule has 1 saturated heterocycles. The summed E-state index contributed by atoms with van der Waals surface area (Å²) in [5.41, 5.74) is 4.22. The predicted octanol–water partition coefficient (Wildman–Crippen LogP) is 4.63. The summed E-state index contributed by atoms with van der Waals surface area (Å²) in [5, 5.41) is 3.66. The van der Waals surface area contributed by atoms with Crippen LogP contribution >= 0.6 is 12.2 Å². The molecule has 0 unspecified atom stereocenters. The normalized spacial score (nSPS) is 16.1. The van der Waals surface area contributed by atoms with Gasteiger partial charge in [0.2, 0.25) is 0 Å². The second kappa shape index (κ2) is 14.8. The molecule has 0 saturated carbocycles. The molecule has 1 heterocycles. The fraction of sp³-hybridized carbons (Fsp3) is 0.682. The second-order valence-corrected chi connectivity index (χ2v) is 7.81. The molecule has 1 N–H and O–H groups in total. The largest absolute Gasteiger partial charge is 0.467 e. The first-order chi connectivity index (χ1) is 13.0. The van der Waals surface area contributed by atoms with Crippen molar-refractivity contribution >= 4 is 17.4 Å². The van der Waals surface area contributed by atoms with Crippen molar-refractivity contribution in [3.63, 3.8) is 0 Å². The van der Waals surface area contributed by atoms with Crippen molar-refractivity contribution in [1.82, 2.24) is 10.2 Å². The molecule has 0 radical (unpaired) electrons. The van der Waals surface area contributed by atoms with Crippen molar-refractivity contribution in [2.45, 2.75) is 53.4 Å². The molecule has 1 fully saturated rings. The lowest BCUT2D eigenvalue weighted by Crippen LogP contribution is -2.41. The zero-order valence-electron chi connectivity index (χ0n) is 17.7. The predicted molar refractivity (Wildman–Crippen MR) is 119 cm³/mol. The van der Waals surface area contributed by atoms with E-state index in [1.165, 1.54) is 16.7 Å². The van der Waals surface area contributed by atoms with Crippen LogP contribution < -0.4 is 5.32 Å². The molecule has 27 heavy (non-hydrogen) atoms. The van der Waals surface area contributed by atoms with Crippen LogP contribution in [-0.4, -0.2) is 56.1 Å². The fourth-order valence-corrected chi connectivity index (χ4v) is 2.96. The van der Waals surface area contributed by atoms with Gasteiger partial charge in [-0.2, -0.15) is 0 Å². The maximum Gasteiger partial charge on any atom is 0.256 e. The van der Waals surface area contributed by atoms with Crippen LogP contribution in [0.25, 0.3) is 0 Å². The molecule has 0 aliphatic carbocycles. The molecule has 5 heteroatoms. The van der Waals surface area contributed by atoms with Gasteiger partial charge < -0.3 is 14.8 Å². The van der Waals surface area contributed by atoms with Crippen LogP contribution in [0.2, 0.25) is 0 Å². The van der Waals surface area contributed by atoms with E-state index in [0.29, 0.717) is 11.8 Å². The molecule has 0 bridgehead atoms. The van der Waals surface area contributed by atoms with E-state index in [2.05, 4.69) is 56.1 Å². The minimum absolute atomic E-state index is 0.488. The first-order valence-electron chi connectivity index (χ1n) is 10.1. The van der Waals surface area contributed by atoms with Crippen LogP contribution in [0.15, 0.2) is 34.9 Å². The van der Waals surface area contributed by atoms with Crippen molar-refractivity contribution in [3.05, 3.63) is 34.9 Å². The topological polar surface area (TPSA) is 33.7 Å². The summed E-state index contributed by atoms with van der Waals surface area (Å²) in [5.74, 6) is 0. The molecule has 0 atom stereocenters. The quantitative estimate of drug-likeness (QED) is 0.408. The fourth-order valence-electron chi connectivity index (χ4n) is 2.79. The summed E-state index contributed by atoms with van der Waals surface area (Å²) in [7, 11) is 0. The van der Waals surface area contributed by atoms with Crippen LogP contribution in [0, 0.1) is 0 Å². The number of nitrogens with one attached hydrogen (secondary N) is 1. The summed E-state index contributed by atoms with van der Waals surface area (Å²) < 4.78 is 10.9. The maximum absolute atomic E-state index is 5.58. The van der Waals surface area contributed by atoms with Gasteiger partial charge in [0, 0.05) is 26.2 Å². The van der Waals surface area contributed by atoms with Crippen LogP contribution in [0.3, 0.4) is 0 Å². The van der Waals surface area contributed by atoms with E-state index < -0.39 is 0 Å². The number of thiocarbonyl (C=S) groups is 1. The lowest BCUT2D eigenvalue weighted by molar-refractivity contribution is 0.0388. The van der Waals surface area contributed by atoms with Gasteiger partial charge >= 0.3 is 0 Å². The van der Waals surface area contributed by atoms with Gasteiger partial charge in [0.05, 0.1) is 13.2 Å². The monoisotopic (exact) mass is 394 g/mol. The molecule has 0 spiro atoms. The van der Waals surface area contributed by atoms with E-state index in [4.69, 9.17) is 21.7 Å². The van der Waals surface area contributed by atoms with Crippen LogP contribution in [-0.2, 0) is 9.47 Å². The average Bonchev–Trinajstić information content (AvgIpc) is 2.62. The third-order valence-electron chi connectivity index (χ3n) is 4.57. The van der Waals surface area contributed by atoms with E-state index >= 15 is 0 Å². The van der Waals surface area contributed by atoms with Gasteiger partial charge in [-0.1, -0.05) is 28.9 Å². The molecule has 1 aliphatic heterocycles. The van der Waals surface area contributed by atoms with Crippen LogP contribution in [0.1, 0.15) is 53.4 Å². The Bertz CT molecular complexity index is 516. The third kappa shape index (κ3) is 13.6. The van der Waals surface area contributed by atoms with E-state index in [9.17, 15) is 0 Å². The molecular weight excluding hydrogens is 356 g/mol. The zero-order valence-corrected chi connectivity index (χ0v) is 18.5. The molecule has 1 aliphatic rings. The number of ether oxygens (including phenoxy) is 2. The maximum atomic E-state index is 5.58. The van der Waals surface area contributed by atoms with E-state index in [0.717, 1.165) is 65.1 Å². The second-order valence-electron chi connectivity index (χ2n) is 7.44. The highest BCUT2D eigenvalue weighted by Gasteiger charge is 2.09. The minimum atomic E-state index is 0.488. The zero-order chi connectivity index (χ0) is 19.9. The molecule has 1 rings (SSSR count). The number of morpholine rings is 1. The molecule has 0 aromatic carbocycles. The summed E-state index contributed by atoms with van der Waals surface area (Å²) in [6.45, 7) is 14.7. The van der Waals surface area contributed by atoms with Gasteiger partial charge in [0.15, 0.2) is 0 Å². The molecule has 0 aromatic rings. The van der Waals surface area contributed by atoms with E-state index in [-0.39, 0.29) is 0 Å². The standard InChI is InChI=1S/C22H38N2O2S/c1-19(2)7-5-8-20(3)9-6-10-21(4)11-16-26-22(27)23-12-13-24-14-17-25-18-15-24/h7,9,11H,5-6,8,10,12-18H2,1-4H3,(H,23,27)/b20-9+,21-11+. The van der Waals surface area contributed by atoms with Crippen molar-refractivity contribution in [3.8, 4) is 0 Å². The Morgan fingerprint density at radius 3 is 2.30 bits per heavy atom. The highest BCUT2D eigenvalue weighted by atomic mass is 32.1. The number of allylic oxidation sites excluding steroid dienone is 5. The molecule has 0 aromatic heterocycles. The van der Waals surface area contributed by atoms with E-state index in [1.807, 2.05) is 0 Å². The Morgan fingerprint density at radius 2 is 1.63 bits per heavy atom. The van der Waals surface area contributed by atoms with Crippen LogP contribution in [0.4, 0.5) is 0 Å². The molecule has 4 nitrogen and oxygen atoms in total. The first kappa shape index (κ1) is 23.9. The van der Waals surface area contributed by atoms with E-state index in [1.54, 1.807) is 0 Å². The summed E-state index contributed by atoms with van der Waals surface area (Å²) >= 11 is 5.23. The summed E-state index contributed by atoms with van der Waals surface area (Å²) in [6, 6.07) is 0. The van der Waals surface area contributed by atoms with Gasteiger partial charge in [-0.25, -0.2) is 0 Å². The number of hydrogen-bond acceptors (Lipinski definition) is 4. The molecular formula is C22H38N2O2S. The van der Waals surface area contributed by atoms with Gasteiger partial charge in [0.1, 0.15) is 6.61 Å².